The molecule has 38 heavy (non-hydrogen) atoms. The van der Waals surface area contributed by atoms with Crippen LogP contribution in [-0.4, -0.2) is 71.7 Å². The molecular weight excluding hydrogens is 492 g/mol. The summed E-state index contributed by atoms with van der Waals surface area (Å²) in [6.45, 7) is -0.0959. The van der Waals surface area contributed by atoms with Gasteiger partial charge in [-0.3, -0.25) is 38.6 Å². The zero-order valence-corrected chi connectivity index (χ0v) is 21.9. The number of esters is 2. The Labute approximate surface area is 222 Å². The van der Waals surface area contributed by atoms with Crippen molar-refractivity contribution in [1.82, 2.24) is 9.80 Å². The van der Waals surface area contributed by atoms with Gasteiger partial charge in [0.1, 0.15) is 13.2 Å². The fourth-order valence-corrected chi connectivity index (χ4v) is 7.29. The summed E-state index contributed by atoms with van der Waals surface area (Å²) in [6, 6.07) is 0. The van der Waals surface area contributed by atoms with E-state index in [-0.39, 0.29) is 73.6 Å². The van der Waals surface area contributed by atoms with Crippen LogP contribution in [0.2, 0.25) is 0 Å². The Morgan fingerprint density at radius 2 is 0.816 bits per heavy atom. The molecule has 0 N–H and O–H groups in total. The molecule has 5 rings (SSSR count). The molecule has 4 amide bonds. The Kier molecular flexibility index (Phi) is 8.14. The molecule has 2 aliphatic heterocycles. The van der Waals surface area contributed by atoms with Crippen LogP contribution in [0.15, 0.2) is 0 Å². The van der Waals surface area contributed by atoms with E-state index in [2.05, 4.69) is 0 Å². The smallest absolute Gasteiger partial charge is 0.309 e. The van der Waals surface area contributed by atoms with Crippen LogP contribution in [0.5, 0.6) is 0 Å². The minimum atomic E-state index is -0.651. The Balaban J connectivity index is 1.09. The Morgan fingerprint density at radius 3 is 1.13 bits per heavy atom. The third-order valence-electron chi connectivity index (χ3n) is 9.35. The molecule has 6 atom stereocenters. The number of likely N-dealkylation sites (tertiary alicyclic amines) is 2. The number of carbonyl (C=O) groups excluding carboxylic acids is 6. The van der Waals surface area contributed by atoms with Gasteiger partial charge in [-0.1, -0.05) is 38.5 Å². The van der Waals surface area contributed by atoms with Crippen LogP contribution in [0.4, 0.5) is 0 Å². The molecule has 0 spiro atoms. The van der Waals surface area contributed by atoms with Crippen LogP contribution in [0, 0.1) is 35.5 Å². The lowest BCUT2D eigenvalue weighted by Gasteiger charge is -2.28. The summed E-state index contributed by atoms with van der Waals surface area (Å²) in [4.78, 5) is 78.8. The third-order valence-corrected chi connectivity index (χ3v) is 9.35. The van der Waals surface area contributed by atoms with Gasteiger partial charge in [-0.05, 0) is 38.5 Å². The SMILES string of the molecule is O=C(OCCN1C(=O)C2CCCCC2C1=O)C1CCCCC1C(=O)OCCN1C(=O)C2CCCCC2C1=O. The first-order valence-electron chi connectivity index (χ1n) is 14.4. The molecule has 2 heterocycles. The second-order valence-corrected chi connectivity index (χ2v) is 11.5. The van der Waals surface area contributed by atoms with Gasteiger partial charge in [0.15, 0.2) is 0 Å². The van der Waals surface area contributed by atoms with Gasteiger partial charge < -0.3 is 9.47 Å². The molecule has 5 aliphatic rings. The van der Waals surface area contributed by atoms with Crippen LogP contribution < -0.4 is 0 Å². The van der Waals surface area contributed by atoms with E-state index in [4.69, 9.17) is 9.47 Å². The molecule has 0 aromatic carbocycles. The number of amides is 4. The van der Waals surface area contributed by atoms with E-state index in [0.717, 1.165) is 64.2 Å². The van der Waals surface area contributed by atoms with Crippen LogP contribution in [-0.2, 0) is 38.2 Å². The van der Waals surface area contributed by atoms with Crippen molar-refractivity contribution in [3.8, 4) is 0 Å². The molecule has 10 heteroatoms. The van der Waals surface area contributed by atoms with Gasteiger partial charge >= 0.3 is 11.9 Å². The second kappa shape index (κ2) is 11.5. The zero-order chi connectivity index (χ0) is 26.8. The van der Waals surface area contributed by atoms with Gasteiger partial charge in [0.2, 0.25) is 23.6 Å². The van der Waals surface area contributed by atoms with Crippen molar-refractivity contribution in [2.45, 2.75) is 77.0 Å². The van der Waals surface area contributed by atoms with Gasteiger partial charge in [-0.25, -0.2) is 0 Å². The summed E-state index contributed by atoms with van der Waals surface area (Å²) in [7, 11) is 0. The van der Waals surface area contributed by atoms with Gasteiger partial charge in [0.25, 0.3) is 0 Å². The average Bonchev–Trinajstić information content (AvgIpc) is 3.33. The van der Waals surface area contributed by atoms with Crippen molar-refractivity contribution < 1.29 is 38.2 Å². The fraction of sp³-hybridized carbons (Fsp3) is 0.786. The van der Waals surface area contributed by atoms with Crippen LogP contribution in [0.3, 0.4) is 0 Å². The van der Waals surface area contributed by atoms with Crippen molar-refractivity contribution in [2.24, 2.45) is 35.5 Å². The molecule has 3 saturated carbocycles. The Morgan fingerprint density at radius 1 is 0.526 bits per heavy atom. The molecule has 6 unspecified atom stereocenters. The summed E-state index contributed by atoms with van der Waals surface area (Å²) in [6.07, 6.45) is 9.32. The van der Waals surface area contributed by atoms with E-state index in [1.54, 1.807) is 0 Å². The van der Waals surface area contributed by atoms with E-state index in [1.165, 1.54) is 9.80 Å². The molecule has 2 saturated heterocycles. The van der Waals surface area contributed by atoms with E-state index >= 15 is 0 Å². The number of hydrogen-bond donors (Lipinski definition) is 0. The van der Waals surface area contributed by atoms with Gasteiger partial charge in [-0.15, -0.1) is 0 Å². The summed E-state index contributed by atoms with van der Waals surface area (Å²) in [5, 5.41) is 0. The number of imide groups is 2. The quantitative estimate of drug-likeness (QED) is 0.345. The number of carbonyl (C=O) groups is 6. The van der Waals surface area contributed by atoms with Gasteiger partial charge in [0.05, 0.1) is 48.6 Å². The van der Waals surface area contributed by atoms with E-state index in [9.17, 15) is 28.8 Å². The van der Waals surface area contributed by atoms with Gasteiger partial charge in [0, 0.05) is 0 Å². The first-order chi connectivity index (χ1) is 18.4. The number of nitrogens with zero attached hydrogens (tertiary/aromatic N) is 2. The monoisotopic (exact) mass is 530 g/mol. The number of rotatable bonds is 8. The molecule has 10 nitrogen and oxygen atoms in total. The maximum Gasteiger partial charge on any atom is 0.309 e. The third kappa shape index (κ3) is 5.10. The van der Waals surface area contributed by atoms with E-state index < -0.39 is 23.8 Å². The maximum atomic E-state index is 12.9. The number of fused-ring (bicyclic) bond motifs is 2. The van der Waals surface area contributed by atoms with E-state index in [0.29, 0.717) is 12.8 Å². The highest BCUT2D eigenvalue weighted by atomic mass is 16.5. The molecular formula is C28H38N2O8. The van der Waals surface area contributed by atoms with Crippen molar-refractivity contribution >= 4 is 35.6 Å². The molecule has 3 aliphatic carbocycles. The normalized spacial score (nSPS) is 33.3. The summed E-state index contributed by atoms with van der Waals surface area (Å²) in [5.74, 6) is -3.93. The van der Waals surface area contributed by atoms with Crippen LogP contribution in [0.25, 0.3) is 0 Å². The van der Waals surface area contributed by atoms with Crippen molar-refractivity contribution in [2.75, 3.05) is 26.3 Å². The van der Waals surface area contributed by atoms with Crippen LogP contribution >= 0.6 is 0 Å². The van der Waals surface area contributed by atoms with Crippen molar-refractivity contribution in [3.05, 3.63) is 0 Å². The largest absolute Gasteiger partial charge is 0.464 e. The average molecular weight is 531 g/mol. The molecule has 0 aromatic rings. The predicted octanol–water partition coefficient (Wildman–Crippen LogP) is 2.23. The lowest BCUT2D eigenvalue weighted by Crippen LogP contribution is -2.39. The summed E-state index contributed by atoms with van der Waals surface area (Å²) in [5.41, 5.74) is 0. The fourth-order valence-electron chi connectivity index (χ4n) is 7.29. The molecule has 0 radical (unpaired) electrons. The second-order valence-electron chi connectivity index (χ2n) is 11.5. The molecule has 0 aromatic heterocycles. The zero-order valence-electron chi connectivity index (χ0n) is 21.9. The highest BCUT2D eigenvalue weighted by molar-refractivity contribution is 6.05. The first kappa shape index (κ1) is 26.8. The van der Waals surface area contributed by atoms with Crippen molar-refractivity contribution in [1.29, 1.82) is 0 Å². The van der Waals surface area contributed by atoms with Crippen molar-refractivity contribution in [3.63, 3.8) is 0 Å². The van der Waals surface area contributed by atoms with Gasteiger partial charge in [-0.2, -0.15) is 0 Å². The summed E-state index contributed by atoms with van der Waals surface area (Å²) >= 11 is 0. The number of hydrogen-bond acceptors (Lipinski definition) is 8. The Hall–Kier alpha value is -2.78. The molecule has 0 bridgehead atoms. The maximum absolute atomic E-state index is 12.9. The Bertz CT molecular complexity index is 869. The number of ether oxygens (including phenoxy) is 2. The van der Waals surface area contributed by atoms with E-state index in [1.807, 2.05) is 0 Å². The van der Waals surface area contributed by atoms with Crippen LogP contribution in [0.1, 0.15) is 77.0 Å². The lowest BCUT2D eigenvalue weighted by atomic mass is 9.79. The standard InChI is InChI=1S/C28H38N2O8/c31-23-17-7-1-2-8-18(17)24(32)29(23)13-15-37-27(35)21-11-5-6-12-22(21)28(36)38-16-14-30-25(33)19-9-3-4-10-20(19)26(30)34/h17-22H,1-16H2. The minimum Gasteiger partial charge on any atom is -0.464 e. The predicted molar refractivity (Wildman–Crippen MR) is 132 cm³/mol. The first-order valence-corrected chi connectivity index (χ1v) is 14.4. The lowest BCUT2D eigenvalue weighted by molar-refractivity contribution is -0.164. The minimum absolute atomic E-state index is 0.0398. The highest BCUT2D eigenvalue weighted by Crippen LogP contribution is 2.39. The molecule has 208 valence electrons. The molecule has 5 fully saturated rings. The highest BCUT2D eigenvalue weighted by Gasteiger charge is 2.49. The topological polar surface area (TPSA) is 127 Å². The summed E-state index contributed by atoms with van der Waals surface area (Å²) < 4.78 is 10.9.